The van der Waals surface area contributed by atoms with Gasteiger partial charge in [-0.2, -0.15) is 8.42 Å². The molecule has 7 nitrogen and oxygen atoms in total. The van der Waals surface area contributed by atoms with Crippen LogP contribution < -0.4 is 19.1 Å². The van der Waals surface area contributed by atoms with E-state index in [1.54, 1.807) is 24.3 Å². The number of hydrogen-bond donors (Lipinski definition) is 3. The van der Waals surface area contributed by atoms with Crippen LogP contribution in [0.4, 0.5) is 22.7 Å². The fourth-order valence-electron chi connectivity index (χ4n) is 3.61. The summed E-state index contributed by atoms with van der Waals surface area (Å²) in [5, 5.41) is 1.01. The van der Waals surface area contributed by atoms with Crippen molar-refractivity contribution in [2.24, 2.45) is 0 Å². The quantitative estimate of drug-likeness (QED) is 0.445. The van der Waals surface area contributed by atoms with Crippen molar-refractivity contribution in [3.8, 4) is 5.75 Å². The minimum Gasteiger partial charge on any atom is -0.489 e. The molecule has 8 heteroatoms. The molecule has 0 amide bonds. The summed E-state index contributed by atoms with van der Waals surface area (Å²) in [6.07, 6.45) is 1.81. The summed E-state index contributed by atoms with van der Waals surface area (Å²) in [6, 6.07) is 22.6. The van der Waals surface area contributed by atoms with E-state index < -0.39 is 10.2 Å². The summed E-state index contributed by atoms with van der Waals surface area (Å²) < 4.78 is 36.1. The Morgan fingerprint density at radius 2 is 1.67 bits per heavy atom. The van der Waals surface area contributed by atoms with Crippen molar-refractivity contribution in [3.05, 3.63) is 79.0 Å². The first-order valence-corrected chi connectivity index (χ1v) is 11.0. The van der Waals surface area contributed by atoms with Gasteiger partial charge in [-0.05, 0) is 47.9 Å². The Hall–Kier alpha value is -3.65. The molecule has 0 unspecified atom stereocenters. The van der Waals surface area contributed by atoms with Crippen molar-refractivity contribution in [3.63, 3.8) is 0 Å². The van der Waals surface area contributed by atoms with Gasteiger partial charge in [0.1, 0.15) is 12.4 Å². The van der Waals surface area contributed by atoms with E-state index in [1.165, 1.54) is 0 Å². The summed E-state index contributed by atoms with van der Waals surface area (Å²) >= 11 is 0. The number of anilines is 4. The molecule has 3 N–H and O–H groups in total. The Kier molecular flexibility index (Phi) is 4.48. The summed E-state index contributed by atoms with van der Waals surface area (Å²) in [5.74, 6) is 0.637. The highest BCUT2D eigenvalue weighted by molar-refractivity contribution is 7.94. The molecule has 0 spiro atoms. The molecular formula is C22H20N4O3S. The van der Waals surface area contributed by atoms with E-state index in [4.69, 9.17) is 4.74 Å². The predicted octanol–water partition coefficient (Wildman–Crippen LogP) is 4.47. The third-order valence-corrected chi connectivity index (χ3v) is 5.96. The molecule has 2 heterocycles. The number of ether oxygens (including phenoxy) is 1. The van der Waals surface area contributed by atoms with Crippen molar-refractivity contribution in [2.45, 2.75) is 0 Å². The molecule has 4 aromatic rings. The lowest BCUT2D eigenvalue weighted by Gasteiger charge is -2.31. The Balaban J connectivity index is 1.37. The first kappa shape index (κ1) is 18.4. The summed E-state index contributed by atoms with van der Waals surface area (Å²) in [7, 11) is -3.81. The lowest BCUT2D eigenvalue weighted by atomic mass is 10.2. The predicted molar refractivity (Wildman–Crippen MR) is 120 cm³/mol. The number of nitrogens with one attached hydrogen (secondary N) is 3. The number of aromatic amines is 1. The molecule has 0 aliphatic carbocycles. The van der Waals surface area contributed by atoms with Gasteiger partial charge in [-0.1, -0.05) is 24.3 Å². The number of H-pyrrole nitrogens is 1. The fraction of sp³-hybridized carbons (Fsp3) is 0.0909. The van der Waals surface area contributed by atoms with Crippen molar-refractivity contribution in [2.75, 3.05) is 27.5 Å². The Morgan fingerprint density at radius 3 is 2.50 bits per heavy atom. The molecule has 1 aliphatic rings. The molecule has 0 saturated heterocycles. The third kappa shape index (κ3) is 3.65. The number of benzene rings is 3. The zero-order valence-electron chi connectivity index (χ0n) is 16.0. The van der Waals surface area contributed by atoms with Crippen LogP contribution in [-0.4, -0.2) is 26.6 Å². The molecule has 0 saturated carbocycles. The Bertz CT molecular complexity index is 1300. The van der Waals surface area contributed by atoms with E-state index in [1.807, 2.05) is 54.7 Å². The van der Waals surface area contributed by atoms with Gasteiger partial charge in [0.15, 0.2) is 0 Å². The maximum atomic E-state index is 12.6. The molecule has 0 bridgehead atoms. The SMILES string of the molecule is O=S(=O)(Nc1ccc2c(c1)OCCN2c1ccccc1)Nc1ccc2cc[nH]c2c1. The molecule has 1 aromatic heterocycles. The molecule has 1 aliphatic heterocycles. The molecule has 152 valence electrons. The number of para-hydroxylation sites is 1. The highest BCUT2D eigenvalue weighted by atomic mass is 32.2. The fourth-order valence-corrected chi connectivity index (χ4v) is 4.53. The smallest absolute Gasteiger partial charge is 0.321 e. The first-order valence-electron chi connectivity index (χ1n) is 9.55. The van der Waals surface area contributed by atoms with E-state index in [0.29, 0.717) is 23.7 Å². The number of rotatable bonds is 5. The zero-order valence-corrected chi connectivity index (χ0v) is 16.8. The van der Waals surface area contributed by atoms with Crippen LogP contribution in [0.5, 0.6) is 5.75 Å². The zero-order chi connectivity index (χ0) is 20.6. The van der Waals surface area contributed by atoms with Gasteiger partial charge in [0, 0.05) is 23.5 Å². The van der Waals surface area contributed by atoms with E-state index >= 15 is 0 Å². The van der Waals surface area contributed by atoms with Gasteiger partial charge < -0.3 is 14.6 Å². The number of fused-ring (bicyclic) bond motifs is 2. The van der Waals surface area contributed by atoms with Crippen LogP contribution in [0.3, 0.4) is 0 Å². The maximum Gasteiger partial charge on any atom is 0.321 e. The summed E-state index contributed by atoms with van der Waals surface area (Å²) in [4.78, 5) is 5.22. The van der Waals surface area contributed by atoms with Crippen LogP contribution in [0.25, 0.3) is 10.9 Å². The van der Waals surface area contributed by atoms with Gasteiger partial charge in [-0.15, -0.1) is 0 Å². The molecule has 5 rings (SSSR count). The highest BCUT2D eigenvalue weighted by Gasteiger charge is 2.21. The second-order valence-corrected chi connectivity index (χ2v) is 8.42. The van der Waals surface area contributed by atoms with Crippen LogP contribution in [0.15, 0.2) is 79.0 Å². The van der Waals surface area contributed by atoms with Crippen LogP contribution >= 0.6 is 0 Å². The lowest BCUT2D eigenvalue weighted by molar-refractivity contribution is 0.314. The average Bonchev–Trinajstić information content (AvgIpc) is 3.21. The molecular weight excluding hydrogens is 400 g/mol. The van der Waals surface area contributed by atoms with Crippen molar-refractivity contribution >= 4 is 43.9 Å². The lowest BCUT2D eigenvalue weighted by Crippen LogP contribution is -2.28. The van der Waals surface area contributed by atoms with E-state index in [-0.39, 0.29) is 0 Å². The van der Waals surface area contributed by atoms with Crippen molar-refractivity contribution in [1.82, 2.24) is 4.98 Å². The van der Waals surface area contributed by atoms with Gasteiger partial charge >= 0.3 is 10.2 Å². The minimum atomic E-state index is -3.81. The topological polar surface area (TPSA) is 86.5 Å². The van der Waals surface area contributed by atoms with Gasteiger partial charge in [0.25, 0.3) is 0 Å². The summed E-state index contributed by atoms with van der Waals surface area (Å²) in [5.41, 5.74) is 3.73. The van der Waals surface area contributed by atoms with E-state index in [0.717, 1.165) is 28.8 Å². The normalized spacial score (nSPS) is 13.5. The molecule has 0 fully saturated rings. The molecule has 0 atom stereocenters. The second-order valence-electron chi connectivity index (χ2n) is 7.01. The van der Waals surface area contributed by atoms with Crippen LogP contribution in [0.1, 0.15) is 0 Å². The monoisotopic (exact) mass is 420 g/mol. The Morgan fingerprint density at radius 1 is 0.900 bits per heavy atom. The second kappa shape index (κ2) is 7.31. The van der Waals surface area contributed by atoms with Crippen LogP contribution in [-0.2, 0) is 10.2 Å². The highest BCUT2D eigenvalue weighted by Crippen LogP contribution is 2.38. The van der Waals surface area contributed by atoms with Gasteiger partial charge in [0.05, 0.1) is 23.6 Å². The average molecular weight is 420 g/mol. The number of hydrogen-bond acceptors (Lipinski definition) is 4. The van der Waals surface area contributed by atoms with Crippen LogP contribution in [0.2, 0.25) is 0 Å². The number of nitrogens with zero attached hydrogens (tertiary/aromatic N) is 1. The maximum absolute atomic E-state index is 12.6. The largest absolute Gasteiger partial charge is 0.489 e. The third-order valence-electron chi connectivity index (χ3n) is 4.95. The van der Waals surface area contributed by atoms with Gasteiger partial charge in [0.2, 0.25) is 0 Å². The summed E-state index contributed by atoms with van der Waals surface area (Å²) in [6.45, 7) is 1.25. The first-order chi connectivity index (χ1) is 14.6. The standard InChI is InChI=1S/C22H20N4O3S/c27-30(28,24-17-7-6-16-10-11-23-20(16)14-17)25-18-8-9-21-22(15-18)29-13-12-26(21)19-4-2-1-3-5-19/h1-11,14-15,23-25H,12-13H2. The number of aromatic nitrogens is 1. The van der Waals surface area contributed by atoms with Crippen molar-refractivity contribution < 1.29 is 13.2 Å². The molecule has 0 radical (unpaired) electrons. The van der Waals surface area contributed by atoms with Crippen molar-refractivity contribution in [1.29, 1.82) is 0 Å². The van der Waals surface area contributed by atoms with E-state index in [9.17, 15) is 8.42 Å². The van der Waals surface area contributed by atoms with Gasteiger partial charge in [-0.25, -0.2) is 0 Å². The molecule has 30 heavy (non-hydrogen) atoms. The van der Waals surface area contributed by atoms with Gasteiger partial charge in [-0.3, -0.25) is 9.44 Å². The minimum absolute atomic E-state index is 0.428. The molecule has 3 aromatic carbocycles. The Labute approximate surface area is 174 Å². The van der Waals surface area contributed by atoms with Crippen LogP contribution in [0, 0.1) is 0 Å². The van der Waals surface area contributed by atoms with E-state index in [2.05, 4.69) is 19.3 Å².